The Bertz CT molecular complexity index is 447. The van der Waals surface area contributed by atoms with E-state index in [1.165, 1.54) is 14.2 Å². The van der Waals surface area contributed by atoms with Gasteiger partial charge in [-0.25, -0.2) is 4.79 Å². The second kappa shape index (κ2) is 8.60. The quantitative estimate of drug-likeness (QED) is 0.608. The summed E-state index contributed by atoms with van der Waals surface area (Å²) in [7, 11) is 2.69. The second-order valence-electron chi connectivity index (χ2n) is 4.16. The Morgan fingerprint density at radius 3 is 2.40 bits per heavy atom. The molecule has 0 aliphatic heterocycles. The van der Waals surface area contributed by atoms with Gasteiger partial charge in [-0.3, -0.25) is 4.79 Å². The molecule has 0 aromatic heterocycles. The number of methoxy groups -OCH3 is 2. The van der Waals surface area contributed by atoms with Crippen LogP contribution in [0.2, 0.25) is 0 Å². The molecule has 20 heavy (non-hydrogen) atoms. The zero-order valence-electron chi connectivity index (χ0n) is 11.6. The number of esters is 2. The molecule has 0 saturated heterocycles. The first kappa shape index (κ1) is 16.5. The largest absolute Gasteiger partial charge is 0.468 e. The van der Waals surface area contributed by atoms with Crippen LogP contribution in [0.1, 0.15) is 22.3 Å². The summed E-state index contributed by atoms with van der Waals surface area (Å²) in [6, 6.07) is 6.69. The van der Waals surface area contributed by atoms with Gasteiger partial charge in [-0.05, 0) is 29.9 Å². The number of carbonyl (C=O) groups is 2. The van der Waals surface area contributed by atoms with Crippen LogP contribution in [0.4, 0.5) is 0 Å². The highest BCUT2D eigenvalue weighted by atomic mass is 32.2. The van der Waals surface area contributed by atoms with Gasteiger partial charge >= 0.3 is 11.9 Å². The maximum absolute atomic E-state index is 11.3. The minimum atomic E-state index is -0.561. The van der Waals surface area contributed by atoms with Gasteiger partial charge in [-0.1, -0.05) is 12.1 Å². The van der Waals surface area contributed by atoms with Crippen molar-refractivity contribution in [2.75, 3.05) is 20.0 Å². The monoisotopic (exact) mass is 297 g/mol. The average molecular weight is 297 g/mol. The zero-order valence-corrected chi connectivity index (χ0v) is 12.4. The first-order valence-corrected chi connectivity index (χ1v) is 7.32. The molecule has 0 spiro atoms. The average Bonchev–Trinajstić information content (AvgIpc) is 2.50. The fourth-order valence-corrected chi connectivity index (χ4v) is 2.52. The third kappa shape index (κ3) is 5.22. The van der Waals surface area contributed by atoms with Crippen LogP contribution in [0.3, 0.4) is 0 Å². The lowest BCUT2D eigenvalue weighted by Crippen LogP contribution is -2.31. The molecule has 1 aromatic carbocycles. The van der Waals surface area contributed by atoms with E-state index in [4.69, 9.17) is 5.73 Å². The van der Waals surface area contributed by atoms with E-state index in [1.807, 2.05) is 12.1 Å². The van der Waals surface area contributed by atoms with Crippen molar-refractivity contribution in [1.29, 1.82) is 0 Å². The summed E-state index contributed by atoms with van der Waals surface area (Å²) in [5.74, 6) is 0.853. The topological polar surface area (TPSA) is 78.6 Å². The van der Waals surface area contributed by atoms with Gasteiger partial charge in [-0.15, -0.1) is 0 Å². The maximum atomic E-state index is 11.3. The van der Waals surface area contributed by atoms with E-state index in [0.717, 1.165) is 17.1 Å². The molecular formula is C14H19NO4S. The van der Waals surface area contributed by atoms with Crippen LogP contribution in [-0.2, 0) is 20.0 Å². The van der Waals surface area contributed by atoms with Crippen molar-refractivity contribution >= 4 is 23.7 Å². The minimum absolute atomic E-state index is 0.340. The number of nitrogens with two attached hydrogens (primary N) is 1. The van der Waals surface area contributed by atoms with E-state index in [-0.39, 0.29) is 11.9 Å². The van der Waals surface area contributed by atoms with Gasteiger partial charge in [0.15, 0.2) is 0 Å². The number of thioether (sulfide) groups is 1. The van der Waals surface area contributed by atoms with Crippen LogP contribution in [0.15, 0.2) is 24.3 Å². The summed E-state index contributed by atoms with van der Waals surface area (Å²) in [5.41, 5.74) is 7.28. The zero-order chi connectivity index (χ0) is 15.0. The van der Waals surface area contributed by atoms with Gasteiger partial charge < -0.3 is 15.2 Å². The molecule has 110 valence electrons. The van der Waals surface area contributed by atoms with Crippen molar-refractivity contribution in [3.05, 3.63) is 35.4 Å². The molecule has 0 aliphatic rings. The highest BCUT2D eigenvalue weighted by Crippen LogP contribution is 2.15. The van der Waals surface area contributed by atoms with Gasteiger partial charge in [0.05, 0.1) is 19.8 Å². The number of carbonyl (C=O) groups excluding carboxylic acids is 2. The summed E-state index contributed by atoms with van der Waals surface area (Å²) < 4.78 is 9.19. The molecule has 0 amide bonds. The third-order valence-corrected chi connectivity index (χ3v) is 3.78. The van der Waals surface area contributed by atoms with Crippen LogP contribution >= 0.6 is 11.8 Å². The van der Waals surface area contributed by atoms with Crippen molar-refractivity contribution in [2.45, 2.75) is 18.2 Å². The lowest BCUT2D eigenvalue weighted by Gasteiger charge is -2.08. The normalized spacial score (nSPS) is 11.8. The molecule has 6 heteroatoms. The molecule has 5 nitrogen and oxygen atoms in total. The molecular weight excluding hydrogens is 278 g/mol. The van der Waals surface area contributed by atoms with Crippen molar-refractivity contribution in [3.63, 3.8) is 0 Å². The maximum Gasteiger partial charge on any atom is 0.337 e. The van der Waals surface area contributed by atoms with Crippen LogP contribution in [0, 0.1) is 0 Å². The molecule has 1 unspecified atom stereocenters. The lowest BCUT2D eigenvalue weighted by atomic mass is 10.1. The highest BCUT2D eigenvalue weighted by molar-refractivity contribution is 7.98. The van der Waals surface area contributed by atoms with Crippen LogP contribution in [0.25, 0.3) is 0 Å². The number of benzene rings is 1. The first-order valence-electron chi connectivity index (χ1n) is 6.17. The van der Waals surface area contributed by atoms with Gasteiger partial charge in [0.2, 0.25) is 0 Å². The Hall–Kier alpha value is -1.53. The number of hydrogen-bond acceptors (Lipinski definition) is 6. The van der Waals surface area contributed by atoms with Crippen LogP contribution < -0.4 is 5.73 Å². The molecule has 1 atom stereocenters. The molecule has 0 bridgehead atoms. The Morgan fingerprint density at radius 1 is 1.20 bits per heavy atom. The fourth-order valence-electron chi connectivity index (χ4n) is 1.52. The molecule has 2 N–H and O–H groups in total. The van der Waals surface area contributed by atoms with E-state index in [0.29, 0.717) is 12.0 Å². The predicted octanol–water partition coefficient (Wildman–Crippen LogP) is 1.60. The second-order valence-corrected chi connectivity index (χ2v) is 5.26. The van der Waals surface area contributed by atoms with E-state index in [9.17, 15) is 9.59 Å². The van der Waals surface area contributed by atoms with Crippen molar-refractivity contribution in [3.8, 4) is 0 Å². The van der Waals surface area contributed by atoms with Gasteiger partial charge in [-0.2, -0.15) is 11.8 Å². The summed E-state index contributed by atoms with van der Waals surface area (Å²) in [6.45, 7) is 0. The summed E-state index contributed by atoms with van der Waals surface area (Å²) in [4.78, 5) is 22.4. The van der Waals surface area contributed by atoms with E-state index in [2.05, 4.69) is 9.47 Å². The molecule has 0 fully saturated rings. The van der Waals surface area contributed by atoms with Gasteiger partial charge in [0.1, 0.15) is 6.04 Å². The summed E-state index contributed by atoms with van der Waals surface area (Å²) >= 11 is 1.68. The van der Waals surface area contributed by atoms with Gasteiger partial charge in [0, 0.05) is 5.75 Å². The van der Waals surface area contributed by atoms with Crippen molar-refractivity contribution in [1.82, 2.24) is 0 Å². The van der Waals surface area contributed by atoms with Crippen molar-refractivity contribution < 1.29 is 19.1 Å². The van der Waals surface area contributed by atoms with Crippen molar-refractivity contribution in [2.24, 2.45) is 5.73 Å². The lowest BCUT2D eigenvalue weighted by molar-refractivity contribution is -0.142. The molecule has 0 radical (unpaired) electrons. The molecule has 0 aliphatic carbocycles. The molecule has 0 heterocycles. The number of hydrogen-bond donors (Lipinski definition) is 1. The number of rotatable bonds is 7. The van der Waals surface area contributed by atoms with Crippen LogP contribution in [-0.4, -0.2) is 38.0 Å². The third-order valence-electron chi connectivity index (χ3n) is 2.72. The summed E-state index contributed by atoms with van der Waals surface area (Å²) in [6.07, 6.45) is 0.581. The van der Waals surface area contributed by atoms with E-state index >= 15 is 0 Å². The highest BCUT2D eigenvalue weighted by Gasteiger charge is 2.12. The summed E-state index contributed by atoms with van der Waals surface area (Å²) in [5, 5.41) is 0. The van der Waals surface area contributed by atoms with E-state index < -0.39 is 6.04 Å². The predicted molar refractivity (Wildman–Crippen MR) is 78.6 cm³/mol. The molecule has 1 rings (SSSR count). The molecule has 1 aromatic rings. The smallest absolute Gasteiger partial charge is 0.337 e. The number of ether oxygens (including phenoxy) is 2. The standard InChI is InChI=1S/C14H19NO4S/c1-18-13(16)11-5-3-10(4-6-11)9-20-8-7-12(15)14(17)19-2/h3-6,12H,7-9,15H2,1-2H3. The van der Waals surface area contributed by atoms with Gasteiger partial charge in [0.25, 0.3) is 0 Å². The Kier molecular flexibility index (Phi) is 7.11. The fraction of sp³-hybridized carbons (Fsp3) is 0.429. The first-order chi connectivity index (χ1) is 9.58. The minimum Gasteiger partial charge on any atom is -0.468 e. The van der Waals surface area contributed by atoms with Crippen LogP contribution in [0.5, 0.6) is 0 Å². The Labute approximate surface area is 122 Å². The Balaban J connectivity index is 2.32. The Morgan fingerprint density at radius 2 is 1.85 bits per heavy atom. The molecule has 0 saturated carbocycles. The SMILES string of the molecule is COC(=O)c1ccc(CSCCC(N)C(=O)OC)cc1. The van der Waals surface area contributed by atoms with E-state index in [1.54, 1.807) is 23.9 Å².